The minimum Gasteiger partial charge on any atom is -0.399 e. The van der Waals surface area contributed by atoms with Crippen LogP contribution < -0.4 is 11.1 Å². The summed E-state index contributed by atoms with van der Waals surface area (Å²) in [4.78, 5) is 18.6. The number of nitrogens with one attached hydrogen (secondary N) is 2. The zero-order valence-electron chi connectivity index (χ0n) is 9.31. The number of carbonyl (C=O) groups is 1. The summed E-state index contributed by atoms with van der Waals surface area (Å²) in [5.74, 6) is 0.710. The first-order chi connectivity index (χ1) is 8.24. The molecule has 1 aromatic heterocycles. The van der Waals surface area contributed by atoms with Crippen LogP contribution in [-0.2, 0) is 17.8 Å². The third-order valence-corrected chi connectivity index (χ3v) is 2.35. The monoisotopic (exact) mass is 230 g/mol. The molecular formula is C12H14N4O. The summed E-state index contributed by atoms with van der Waals surface area (Å²) in [5, 5.41) is 2.78. The number of anilines is 1. The van der Waals surface area contributed by atoms with E-state index in [1.165, 1.54) is 0 Å². The van der Waals surface area contributed by atoms with Crippen LogP contribution in [0.3, 0.4) is 0 Å². The maximum Gasteiger partial charge on any atom is 0.224 e. The van der Waals surface area contributed by atoms with Gasteiger partial charge < -0.3 is 16.0 Å². The van der Waals surface area contributed by atoms with Gasteiger partial charge in [-0.3, -0.25) is 4.79 Å². The summed E-state index contributed by atoms with van der Waals surface area (Å²) in [6, 6.07) is 7.27. The number of nitrogens with two attached hydrogens (primary N) is 1. The van der Waals surface area contributed by atoms with Crippen molar-refractivity contribution < 1.29 is 4.79 Å². The Balaban J connectivity index is 1.83. The maximum absolute atomic E-state index is 11.6. The van der Waals surface area contributed by atoms with Gasteiger partial charge in [-0.15, -0.1) is 0 Å². The van der Waals surface area contributed by atoms with E-state index < -0.39 is 0 Å². The first-order valence-corrected chi connectivity index (χ1v) is 5.33. The highest BCUT2D eigenvalue weighted by Crippen LogP contribution is 2.05. The molecular weight excluding hydrogens is 216 g/mol. The minimum absolute atomic E-state index is 0.0360. The Hall–Kier alpha value is -2.30. The van der Waals surface area contributed by atoms with E-state index >= 15 is 0 Å². The molecule has 17 heavy (non-hydrogen) atoms. The van der Waals surface area contributed by atoms with Crippen molar-refractivity contribution in [3.8, 4) is 0 Å². The number of aromatic amines is 1. The second kappa shape index (κ2) is 5.16. The molecule has 0 unspecified atom stereocenters. The van der Waals surface area contributed by atoms with E-state index in [1.54, 1.807) is 24.5 Å². The molecule has 1 heterocycles. The van der Waals surface area contributed by atoms with Crippen LogP contribution in [0.25, 0.3) is 0 Å². The number of nitrogens with zero attached hydrogens (tertiary/aromatic N) is 1. The predicted octanol–water partition coefficient (Wildman–Crippen LogP) is 0.851. The van der Waals surface area contributed by atoms with Crippen molar-refractivity contribution >= 4 is 11.6 Å². The largest absolute Gasteiger partial charge is 0.399 e. The molecule has 0 atom stereocenters. The summed E-state index contributed by atoms with van der Waals surface area (Å²) in [7, 11) is 0. The van der Waals surface area contributed by atoms with Gasteiger partial charge in [0.25, 0.3) is 0 Å². The smallest absolute Gasteiger partial charge is 0.224 e. The fraction of sp³-hybridized carbons (Fsp3) is 0.167. The van der Waals surface area contributed by atoms with Gasteiger partial charge in [-0.2, -0.15) is 0 Å². The molecule has 5 nitrogen and oxygen atoms in total. The van der Waals surface area contributed by atoms with Crippen LogP contribution in [0.5, 0.6) is 0 Å². The fourth-order valence-corrected chi connectivity index (χ4v) is 1.46. The Bertz CT molecular complexity index is 476. The third-order valence-electron chi connectivity index (χ3n) is 2.35. The highest BCUT2D eigenvalue weighted by molar-refractivity contribution is 5.78. The number of aromatic nitrogens is 2. The molecule has 0 radical (unpaired) electrons. The van der Waals surface area contributed by atoms with Gasteiger partial charge in [0.2, 0.25) is 5.91 Å². The minimum atomic E-state index is -0.0360. The van der Waals surface area contributed by atoms with Crippen LogP contribution in [0.4, 0.5) is 5.69 Å². The molecule has 5 heteroatoms. The molecule has 88 valence electrons. The number of amides is 1. The molecule has 1 aromatic carbocycles. The zero-order valence-corrected chi connectivity index (χ0v) is 9.31. The molecule has 0 aliphatic heterocycles. The van der Waals surface area contributed by atoms with Crippen molar-refractivity contribution in [2.45, 2.75) is 13.0 Å². The van der Waals surface area contributed by atoms with E-state index in [0.29, 0.717) is 18.7 Å². The number of hydrogen-bond donors (Lipinski definition) is 3. The van der Waals surface area contributed by atoms with E-state index in [9.17, 15) is 4.79 Å². The van der Waals surface area contributed by atoms with Gasteiger partial charge in [0.1, 0.15) is 5.82 Å². The second-order valence-corrected chi connectivity index (χ2v) is 3.73. The Labute approximate surface area is 99.1 Å². The lowest BCUT2D eigenvalue weighted by atomic mass is 10.1. The Morgan fingerprint density at radius 2 is 2.12 bits per heavy atom. The predicted molar refractivity (Wildman–Crippen MR) is 65.0 cm³/mol. The Kier molecular flexibility index (Phi) is 3.40. The quantitative estimate of drug-likeness (QED) is 0.681. The Morgan fingerprint density at radius 3 is 2.76 bits per heavy atom. The number of hydrogen-bond acceptors (Lipinski definition) is 3. The number of H-pyrrole nitrogens is 1. The van der Waals surface area contributed by atoms with Gasteiger partial charge in [0, 0.05) is 18.1 Å². The summed E-state index contributed by atoms with van der Waals surface area (Å²) in [5.41, 5.74) is 7.21. The van der Waals surface area contributed by atoms with Gasteiger partial charge in [0.15, 0.2) is 0 Å². The first kappa shape index (κ1) is 11.2. The lowest BCUT2D eigenvalue weighted by Crippen LogP contribution is -2.25. The number of benzene rings is 1. The third kappa shape index (κ3) is 3.34. The van der Waals surface area contributed by atoms with Crippen molar-refractivity contribution in [1.82, 2.24) is 15.3 Å². The average Bonchev–Trinajstić information content (AvgIpc) is 2.83. The molecule has 0 spiro atoms. The lowest BCUT2D eigenvalue weighted by Gasteiger charge is -2.03. The maximum atomic E-state index is 11.6. The molecule has 0 saturated carbocycles. The van der Waals surface area contributed by atoms with Crippen molar-refractivity contribution in [1.29, 1.82) is 0 Å². The molecule has 0 aliphatic carbocycles. The van der Waals surface area contributed by atoms with Crippen LogP contribution in [0.2, 0.25) is 0 Å². The summed E-state index contributed by atoms with van der Waals surface area (Å²) >= 11 is 0. The van der Waals surface area contributed by atoms with Crippen molar-refractivity contribution in [2.24, 2.45) is 0 Å². The average molecular weight is 230 g/mol. The molecule has 2 aromatic rings. The van der Waals surface area contributed by atoms with Gasteiger partial charge in [-0.25, -0.2) is 4.98 Å². The van der Waals surface area contributed by atoms with Crippen molar-refractivity contribution in [3.05, 3.63) is 48.0 Å². The molecule has 2 rings (SSSR count). The van der Waals surface area contributed by atoms with Gasteiger partial charge >= 0.3 is 0 Å². The first-order valence-electron chi connectivity index (χ1n) is 5.33. The van der Waals surface area contributed by atoms with Gasteiger partial charge in [-0.05, 0) is 17.7 Å². The van der Waals surface area contributed by atoms with E-state index in [4.69, 9.17) is 5.73 Å². The van der Waals surface area contributed by atoms with Crippen LogP contribution >= 0.6 is 0 Å². The molecule has 0 bridgehead atoms. The van der Waals surface area contributed by atoms with E-state index in [-0.39, 0.29) is 5.91 Å². The standard InChI is InChI=1S/C12H14N4O/c13-10-3-1-9(2-4-10)7-12(17)16-8-11-14-5-6-15-11/h1-6H,7-8,13H2,(H,14,15)(H,16,17). The van der Waals surface area contributed by atoms with Crippen molar-refractivity contribution in [3.63, 3.8) is 0 Å². The van der Waals surface area contributed by atoms with Crippen LogP contribution in [0.1, 0.15) is 11.4 Å². The summed E-state index contributed by atoms with van der Waals surface area (Å²) in [6.45, 7) is 0.417. The van der Waals surface area contributed by atoms with E-state index in [0.717, 1.165) is 11.4 Å². The van der Waals surface area contributed by atoms with Gasteiger partial charge in [-0.1, -0.05) is 12.1 Å². The number of imidazole rings is 1. The van der Waals surface area contributed by atoms with E-state index in [2.05, 4.69) is 15.3 Å². The van der Waals surface area contributed by atoms with Crippen LogP contribution in [-0.4, -0.2) is 15.9 Å². The zero-order chi connectivity index (χ0) is 12.1. The second-order valence-electron chi connectivity index (χ2n) is 3.73. The molecule has 0 aliphatic rings. The van der Waals surface area contributed by atoms with Crippen molar-refractivity contribution in [2.75, 3.05) is 5.73 Å². The molecule has 0 saturated heterocycles. The molecule has 4 N–H and O–H groups in total. The molecule has 1 amide bonds. The number of carbonyl (C=O) groups excluding carboxylic acids is 1. The number of rotatable bonds is 4. The Morgan fingerprint density at radius 1 is 1.35 bits per heavy atom. The highest BCUT2D eigenvalue weighted by Gasteiger charge is 2.03. The highest BCUT2D eigenvalue weighted by atomic mass is 16.1. The van der Waals surface area contributed by atoms with Crippen LogP contribution in [0, 0.1) is 0 Å². The van der Waals surface area contributed by atoms with Gasteiger partial charge in [0.05, 0.1) is 13.0 Å². The fourth-order valence-electron chi connectivity index (χ4n) is 1.46. The van der Waals surface area contributed by atoms with Crippen LogP contribution in [0.15, 0.2) is 36.7 Å². The topological polar surface area (TPSA) is 83.8 Å². The number of nitrogen functional groups attached to an aromatic ring is 1. The van der Waals surface area contributed by atoms with E-state index in [1.807, 2.05) is 12.1 Å². The summed E-state index contributed by atoms with van der Waals surface area (Å²) < 4.78 is 0. The SMILES string of the molecule is Nc1ccc(CC(=O)NCc2ncc[nH]2)cc1. The summed E-state index contributed by atoms with van der Waals surface area (Å²) in [6.07, 6.45) is 3.73. The lowest BCUT2D eigenvalue weighted by molar-refractivity contribution is -0.120. The normalized spacial score (nSPS) is 10.1. The molecule has 0 fully saturated rings.